The second-order valence-electron chi connectivity index (χ2n) is 9.71. The molecule has 1 fully saturated rings. The maximum atomic E-state index is 12.6. The van der Waals surface area contributed by atoms with Gasteiger partial charge in [-0.05, 0) is 56.4 Å². The standard InChI is InChI=1S/C29H32ClN5O3S/c1-2-38-28(37)21-13-15-34(16-14-21)25(36)12-5-6-17-39-29-31-27-26(32-33-29)23-10-3-4-11-24(23)35(27)19-20-8-7-9-22(30)18-20/h3-4,7-11,18,21H,2,5-6,12-17,19H2,1H3. The highest BCUT2D eigenvalue weighted by atomic mass is 35.5. The van der Waals surface area contributed by atoms with E-state index in [2.05, 4.69) is 26.9 Å². The molecule has 0 unspecified atom stereocenters. The number of halogens is 1. The predicted octanol–water partition coefficient (Wildman–Crippen LogP) is 5.75. The fourth-order valence-electron chi connectivity index (χ4n) is 5.05. The summed E-state index contributed by atoms with van der Waals surface area (Å²) in [6.45, 7) is 4.10. The van der Waals surface area contributed by atoms with Crippen LogP contribution in [-0.2, 0) is 20.9 Å². The highest BCUT2D eigenvalue weighted by molar-refractivity contribution is 7.99. The Bertz CT molecular complexity index is 1470. The third-order valence-electron chi connectivity index (χ3n) is 7.07. The molecule has 8 nitrogen and oxygen atoms in total. The summed E-state index contributed by atoms with van der Waals surface area (Å²) in [5.74, 6) is 0.744. The highest BCUT2D eigenvalue weighted by Gasteiger charge is 2.27. The number of esters is 1. The van der Waals surface area contributed by atoms with Crippen LogP contribution in [0.4, 0.5) is 0 Å². The van der Waals surface area contributed by atoms with Gasteiger partial charge in [0.05, 0.1) is 18.0 Å². The Morgan fingerprint density at radius 1 is 1.08 bits per heavy atom. The van der Waals surface area contributed by atoms with Crippen LogP contribution in [-0.4, -0.2) is 62.0 Å². The Morgan fingerprint density at radius 2 is 1.90 bits per heavy atom. The fourth-order valence-corrected chi connectivity index (χ4v) is 6.05. The topological polar surface area (TPSA) is 90.2 Å². The highest BCUT2D eigenvalue weighted by Crippen LogP contribution is 2.29. The number of benzene rings is 2. The number of likely N-dealkylation sites (tertiary alicyclic amines) is 1. The molecule has 0 aliphatic carbocycles. The molecule has 1 aliphatic rings. The minimum absolute atomic E-state index is 0.0828. The number of nitrogens with zero attached hydrogens (tertiary/aromatic N) is 5. The summed E-state index contributed by atoms with van der Waals surface area (Å²) in [5, 5.41) is 11.3. The number of fused-ring (bicyclic) bond motifs is 3. The summed E-state index contributed by atoms with van der Waals surface area (Å²) < 4.78 is 7.28. The fraction of sp³-hybridized carbons (Fsp3) is 0.414. The summed E-state index contributed by atoms with van der Waals surface area (Å²) in [7, 11) is 0. The summed E-state index contributed by atoms with van der Waals surface area (Å²) in [5.41, 5.74) is 3.73. The Labute approximate surface area is 237 Å². The van der Waals surface area contributed by atoms with Gasteiger partial charge in [-0.15, -0.1) is 10.2 Å². The van der Waals surface area contributed by atoms with Crippen molar-refractivity contribution < 1.29 is 14.3 Å². The van der Waals surface area contributed by atoms with E-state index < -0.39 is 0 Å². The van der Waals surface area contributed by atoms with Crippen molar-refractivity contribution >= 4 is 57.3 Å². The third kappa shape index (κ3) is 6.53. The zero-order valence-corrected chi connectivity index (χ0v) is 23.6. The Kier molecular flexibility index (Phi) is 8.98. The van der Waals surface area contributed by atoms with E-state index in [9.17, 15) is 9.59 Å². The number of ether oxygens (including phenoxy) is 1. The van der Waals surface area contributed by atoms with Gasteiger partial charge in [0.1, 0.15) is 5.52 Å². The van der Waals surface area contributed by atoms with Gasteiger partial charge in [-0.25, -0.2) is 4.98 Å². The van der Waals surface area contributed by atoms with E-state index >= 15 is 0 Å². The minimum atomic E-state index is -0.138. The van der Waals surface area contributed by atoms with Crippen LogP contribution in [0.3, 0.4) is 0 Å². The predicted molar refractivity (Wildman–Crippen MR) is 154 cm³/mol. The van der Waals surface area contributed by atoms with Crippen molar-refractivity contribution in [3.63, 3.8) is 0 Å². The number of hydrogen-bond donors (Lipinski definition) is 0. The zero-order chi connectivity index (χ0) is 27.2. The van der Waals surface area contributed by atoms with Crippen molar-refractivity contribution in [3.8, 4) is 0 Å². The smallest absolute Gasteiger partial charge is 0.309 e. The van der Waals surface area contributed by atoms with Crippen LogP contribution in [0.25, 0.3) is 22.1 Å². The summed E-state index contributed by atoms with van der Waals surface area (Å²) in [4.78, 5) is 31.3. The first-order valence-corrected chi connectivity index (χ1v) is 14.8. The van der Waals surface area contributed by atoms with Crippen molar-refractivity contribution in [2.24, 2.45) is 5.92 Å². The van der Waals surface area contributed by atoms with E-state index in [1.165, 1.54) is 0 Å². The van der Waals surface area contributed by atoms with Gasteiger partial charge in [0.25, 0.3) is 0 Å². The zero-order valence-electron chi connectivity index (χ0n) is 22.0. The average molecular weight is 566 g/mol. The van der Waals surface area contributed by atoms with E-state index in [-0.39, 0.29) is 17.8 Å². The third-order valence-corrected chi connectivity index (χ3v) is 8.23. The van der Waals surface area contributed by atoms with Crippen LogP contribution in [0.5, 0.6) is 0 Å². The SMILES string of the molecule is CCOC(=O)C1CCN(C(=O)CCCCSc2nnc3c4ccccc4n(Cc4cccc(Cl)c4)c3n2)CC1. The number of aromatic nitrogens is 4. The van der Waals surface area contributed by atoms with Crippen molar-refractivity contribution in [3.05, 3.63) is 59.1 Å². The minimum Gasteiger partial charge on any atom is -0.466 e. The van der Waals surface area contributed by atoms with E-state index in [1.54, 1.807) is 11.8 Å². The van der Waals surface area contributed by atoms with Crippen LogP contribution in [0.2, 0.25) is 5.02 Å². The first-order valence-electron chi connectivity index (χ1n) is 13.5. The number of thioether (sulfide) groups is 1. The Morgan fingerprint density at radius 3 is 2.69 bits per heavy atom. The molecule has 4 aromatic rings. The number of amides is 1. The number of para-hydroxylation sites is 1. The molecule has 2 aromatic carbocycles. The molecule has 1 saturated heterocycles. The molecule has 10 heteroatoms. The molecule has 0 saturated carbocycles. The lowest BCUT2D eigenvalue weighted by molar-refractivity contribution is -0.151. The van der Waals surface area contributed by atoms with E-state index in [4.69, 9.17) is 21.3 Å². The van der Waals surface area contributed by atoms with Crippen LogP contribution in [0, 0.1) is 5.92 Å². The lowest BCUT2D eigenvalue weighted by Gasteiger charge is -2.31. The Balaban J connectivity index is 1.16. The van der Waals surface area contributed by atoms with Gasteiger partial charge in [0.15, 0.2) is 5.65 Å². The molecule has 204 valence electrons. The molecule has 0 N–H and O–H groups in total. The van der Waals surface area contributed by atoms with Crippen molar-refractivity contribution in [2.75, 3.05) is 25.4 Å². The monoisotopic (exact) mass is 565 g/mol. The number of carbonyl (C=O) groups is 2. The molecule has 0 atom stereocenters. The van der Waals surface area contributed by atoms with Gasteiger partial charge < -0.3 is 14.2 Å². The second-order valence-corrected chi connectivity index (χ2v) is 11.2. The van der Waals surface area contributed by atoms with Crippen LogP contribution >= 0.6 is 23.4 Å². The summed E-state index contributed by atoms with van der Waals surface area (Å²) in [6, 6.07) is 16.0. The lowest BCUT2D eigenvalue weighted by Crippen LogP contribution is -2.40. The van der Waals surface area contributed by atoms with E-state index in [1.807, 2.05) is 48.2 Å². The van der Waals surface area contributed by atoms with Crippen LogP contribution in [0.15, 0.2) is 53.7 Å². The first-order chi connectivity index (χ1) is 19.0. The molecule has 2 aromatic heterocycles. The normalized spacial score (nSPS) is 14.3. The van der Waals surface area contributed by atoms with E-state index in [0.717, 1.165) is 46.2 Å². The van der Waals surface area contributed by atoms with Crippen LogP contribution in [0.1, 0.15) is 44.6 Å². The van der Waals surface area contributed by atoms with Crippen molar-refractivity contribution in [1.29, 1.82) is 0 Å². The summed E-state index contributed by atoms with van der Waals surface area (Å²) >= 11 is 7.79. The number of carbonyl (C=O) groups excluding carboxylic acids is 2. The molecule has 3 heterocycles. The first kappa shape index (κ1) is 27.4. The van der Waals surface area contributed by atoms with Crippen LogP contribution < -0.4 is 0 Å². The largest absolute Gasteiger partial charge is 0.466 e. The number of unbranched alkanes of at least 4 members (excludes halogenated alkanes) is 1. The molecule has 1 amide bonds. The molecule has 39 heavy (non-hydrogen) atoms. The van der Waals surface area contributed by atoms with Gasteiger partial charge >= 0.3 is 5.97 Å². The van der Waals surface area contributed by atoms with Gasteiger partial charge in [0.2, 0.25) is 11.1 Å². The number of hydrogen-bond acceptors (Lipinski definition) is 7. The molecule has 1 aliphatic heterocycles. The average Bonchev–Trinajstić information content (AvgIpc) is 3.25. The van der Waals surface area contributed by atoms with Crippen molar-refractivity contribution in [2.45, 2.75) is 50.7 Å². The molecular formula is C29H32ClN5O3S. The maximum absolute atomic E-state index is 12.6. The second kappa shape index (κ2) is 12.8. The van der Waals surface area contributed by atoms with Gasteiger partial charge in [-0.1, -0.05) is 53.7 Å². The maximum Gasteiger partial charge on any atom is 0.309 e. The molecule has 5 rings (SSSR count). The van der Waals surface area contributed by atoms with Gasteiger partial charge in [-0.3, -0.25) is 9.59 Å². The number of rotatable bonds is 10. The Hall–Kier alpha value is -3.17. The number of piperidine rings is 1. The van der Waals surface area contributed by atoms with Gasteiger partial charge in [0, 0.05) is 42.2 Å². The molecule has 0 radical (unpaired) electrons. The van der Waals surface area contributed by atoms with E-state index in [0.29, 0.717) is 55.7 Å². The molecule has 0 bridgehead atoms. The molecule has 0 spiro atoms. The molecular weight excluding hydrogens is 534 g/mol. The van der Waals surface area contributed by atoms with Crippen molar-refractivity contribution in [1.82, 2.24) is 24.6 Å². The quantitative estimate of drug-likeness (QED) is 0.137. The lowest BCUT2D eigenvalue weighted by atomic mass is 9.96. The summed E-state index contributed by atoms with van der Waals surface area (Å²) in [6.07, 6.45) is 3.55. The van der Waals surface area contributed by atoms with Gasteiger partial charge in [-0.2, -0.15) is 0 Å².